The summed E-state index contributed by atoms with van der Waals surface area (Å²) in [5.41, 5.74) is 1.32. The summed E-state index contributed by atoms with van der Waals surface area (Å²) in [5.74, 6) is 0.678. The van der Waals surface area contributed by atoms with Crippen LogP contribution < -0.4 is 20.1 Å². The number of benzene rings is 2. The Kier molecular flexibility index (Phi) is 7.41. The summed E-state index contributed by atoms with van der Waals surface area (Å²) in [6, 6.07) is 14.1. The minimum absolute atomic E-state index is 0.00610. The third-order valence-corrected chi connectivity index (χ3v) is 13.5. The van der Waals surface area contributed by atoms with E-state index in [0.717, 1.165) is 48.4 Å². The van der Waals surface area contributed by atoms with E-state index in [1.807, 2.05) is 35.2 Å². The first-order chi connectivity index (χ1) is 18.2. The molecule has 1 spiro atoms. The van der Waals surface area contributed by atoms with Crippen LogP contribution in [0.5, 0.6) is 5.75 Å². The zero-order valence-electron chi connectivity index (χ0n) is 23.0. The Balaban J connectivity index is 1.56. The van der Waals surface area contributed by atoms with Crippen LogP contribution in [0.25, 0.3) is 0 Å². The van der Waals surface area contributed by atoms with Gasteiger partial charge in [0.15, 0.2) is 5.60 Å². The topological polar surface area (TPSA) is 88.1 Å². The molecule has 204 valence electrons. The number of hydrogen-bond donors (Lipinski definition) is 2. The number of carbonyl (C=O) groups excluding carboxylic acids is 2. The van der Waals surface area contributed by atoms with Crippen molar-refractivity contribution in [3.8, 4) is 5.75 Å². The van der Waals surface area contributed by atoms with Crippen molar-refractivity contribution in [1.29, 1.82) is 0 Å². The summed E-state index contributed by atoms with van der Waals surface area (Å²) in [6.07, 6.45) is 4.86. The molecule has 8 heteroatoms. The van der Waals surface area contributed by atoms with Crippen LogP contribution in [-0.2, 0) is 19.9 Å². The third-order valence-electron chi connectivity index (χ3n) is 9.12. The highest BCUT2D eigenvalue weighted by Crippen LogP contribution is 2.58. The van der Waals surface area contributed by atoms with Crippen molar-refractivity contribution in [3.05, 3.63) is 48.0 Å². The molecule has 3 aliphatic heterocycles. The quantitative estimate of drug-likeness (QED) is 0.529. The Bertz CT molecular complexity index is 1200. The first-order valence-electron chi connectivity index (χ1n) is 13.9. The molecule has 2 N–H and O–H groups in total. The van der Waals surface area contributed by atoms with Crippen molar-refractivity contribution in [2.24, 2.45) is 5.92 Å². The summed E-state index contributed by atoms with van der Waals surface area (Å²) in [5, 5.41) is 14.3. The van der Waals surface area contributed by atoms with E-state index in [1.54, 1.807) is 7.11 Å². The molecular weight excluding hydrogens is 496 g/mol. The number of methoxy groups -OCH3 is 1. The van der Waals surface area contributed by atoms with Crippen molar-refractivity contribution >= 4 is 36.4 Å². The molecule has 2 amide bonds. The van der Waals surface area contributed by atoms with Gasteiger partial charge in [0.05, 0.1) is 21.3 Å². The number of anilines is 2. The molecule has 0 saturated carbocycles. The Labute approximate surface area is 226 Å². The zero-order chi connectivity index (χ0) is 27.1. The molecule has 7 nitrogen and oxygen atoms in total. The fourth-order valence-corrected chi connectivity index (χ4v) is 11.2. The predicted octanol–water partition coefficient (Wildman–Crippen LogP) is 4.54. The molecule has 0 aromatic heterocycles. The number of nitrogens with zero attached hydrogens (tertiary/aromatic N) is 1. The highest BCUT2D eigenvalue weighted by Gasteiger charge is 2.64. The number of aliphatic hydroxyl groups excluding tert-OH is 1. The maximum absolute atomic E-state index is 13.8. The maximum Gasteiger partial charge on any atom is 0.261 e. The van der Waals surface area contributed by atoms with Gasteiger partial charge in [-0.05, 0) is 55.1 Å². The van der Waals surface area contributed by atoms with Crippen LogP contribution in [0, 0.1) is 5.92 Å². The van der Waals surface area contributed by atoms with Gasteiger partial charge in [0.1, 0.15) is 5.75 Å². The fraction of sp³-hybridized carbons (Fsp3) is 0.533. The Morgan fingerprint density at radius 3 is 2.55 bits per heavy atom. The van der Waals surface area contributed by atoms with Gasteiger partial charge in [-0.15, -0.1) is 0 Å². The normalized spacial score (nSPS) is 27.7. The molecule has 0 aliphatic carbocycles. The fourth-order valence-electron chi connectivity index (χ4n) is 7.12. The van der Waals surface area contributed by atoms with Gasteiger partial charge in [-0.2, -0.15) is 0 Å². The number of ether oxygens (including phenoxy) is 2. The molecule has 2 aromatic carbocycles. The van der Waals surface area contributed by atoms with Crippen LogP contribution in [0.1, 0.15) is 51.0 Å². The summed E-state index contributed by atoms with van der Waals surface area (Å²) in [4.78, 5) is 28.7. The van der Waals surface area contributed by atoms with E-state index in [4.69, 9.17) is 9.47 Å². The van der Waals surface area contributed by atoms with Gasteiger partial charge in [0.25, 0.3) is 5.91 Å². The first kappa shape index (κ1) is 26.9. The van der Waals surface area contributed by atoms with Crippen LogP contribution >= 0.6 is 0 Å². The number of nitrogens with one attached hydrogen (secondary N) is 1. The number of carbonyl (C=O) groups is 2. The Morgan fingerprint density at radius 1 is 1.11 bits per heavy atom. The minimum atomic E-state index is -2.20. The summed E-state index contributed by atoms with van der Waals surface area (Å²) in [6.45, 7) is 7.46. The van der Waals surface area contributed by atoms with Crippen molar-refractivity contribution in [2.45, 2.75) is 75.8 Å². The first-order valence-corrected chi connectivity index (χ1v) is 17.0. The highest BCUT2D eigenvalue weighted by atomic mass is 28.3. The molecule has 0 radical (unpaired) electrons. The van der Waals surface area contributed by atoms with Gasteiger partial charge < -0.3 is 24.8 Å². The van der Waals surface area contributed by atoms with E-state index in [1.165, 1.54) is 5.19 Å². The van der Waals surface area contributed by atoms with Crippen molar-refractivity contribution < 1.29 is 24.2 Å². The molecule has 0 unspecified atom stereocenters. The molecule has 2 saturated heterocycles. The summed E-state index contributed by atoms with van der Waals surface area (Å²) >= 11 is 0. The molecule has 38 heavy (non-hydrogen) atoms. The average Bonchev–Trinajstić information content (AvgIpc) is 3.35. The molecular formula is C30H40N2O5Si. The van der Waals surface area contributed by atoms with Gasteiger partial charge in [0.2, 0.25) is 5.91 Å². The standard InChI is InChI=1S/C30H40N2O5Si/c1-20-28(38(3,4)23-13-11-22(36-2)12-14-23)26(16-18-33)37-30(20)24-19-21(10-15-25(24)31-29(30)35)32-17-8-6-5-7-9-27(32)34/h10-15,19-20,26,28,33H,5-9,16-18H2,1-4H3,(H,31,35)/t20-,26+,28-,30+/m1/s1. The van der Waals surface area contributed by atoms with Crippen molar-refractivity contribution in [2.75, 3.05) is 30.5 Å². The molecule has 5 rings (SSSR count). The van der Waals surface area contributed by atoms with E-state index < -0.39 is 13.7 Å². The largest absolute Gasteiger partial charge is 0.497 e. The maximum atomic E-state index is 13.8. The van der Waals surface area contributed by atoms with Crippen LogP contribution in [0.15, 0.2) is 42.5 Å². The van der Waals surface area contributed by atoms with E-state index >= 15 is 0 Å². The molecule has 2 fully saturated rings. The van der Waals surface area contributed by atoms with Crippen molar-refractivity contribution in [3.63, 3.8) is 0 Å². The Morgan fingerprint density at radius 2 is 1.84 bits per heavy atom. The van der Waals surface area contributed by atoms with Gasteiger partial charge >= 0.3 is 0 Å². The van der Waals surface area contributed by atoms with Gasteiger partial charge in [-0.3, -0.25) is 9.59 Å². The zero-order valence-corrected chi connectivity index (χ0v) is 24.0. The van der Waals surface area contributed by atoms with Gasteiger partial charge in [0, 0.05) is 42.4 Å². The van der Waals surface area contributed by atoms with E-state index in [9.17, 15) is 14.7 Å². The predicted molar refractivity (Wildman–Crippen MR) is 152 cm³/mol. The third kappa shape index (κ3) is 4.36. The Hall–Kier alpha value is -2.68. The number of fused-ring (bicyclic) bond motifs is 2. The molecule has 4 atom stereocenters. The highest BCUT2D eigenvalue weighted by molar-refractivity contribution is 6.91. The summed E-state index contributed by atoms with van der Waals surface area (Å²) in [7, 11) is -0.532. The van der Waals surface area contributed by atoms with Crippen molar-refractivity contribution in [1.82, 2.24) is 0 Å². The lowest BCUT2D eigenvalue weighted by Gasteiger charge is -2.37. The van der Waals surface area contributed by atoms with E-state index in [2.05, 4.69) is 37.5 Å². The number of amides is 2. The second-order valence-electron chi connectivity index (χ2n) is 11.6. The monoisotopic (exact) mass is 536 g/mol. The van der Waals surface area contributed by atoms with Crippen LogP contribution in [0.4, 0.5) is 11.4 Å². The van der Waals surface area contributed by atoms with Gasteiger partial charge in [-0.1, -0.05) is 50.2 Å². The van der Waals surface area contributed by atoms with E-state index in [-0.39, 0.29) is 36.0 Å². The van der Waals surface area contributed by atoms with Crippen LogP contribution in [0.3, 0.4) is 0 Å². The van der Waals surface area contributed by atoms with Crippen LogP contribution in [0.2, 0.25) is 18.6 Å². The second kappa shape index (κ2) is 10.5. The summed E-state index contributed by atoms with van der Waals surface area (Å²) < 4.78 is 12.2. The second-order valence-corrected chi connectivity index (χ2v) is 16.2. The molecule has 3 aliphatic rings. The molecule has 3 heterocycles. The average molecular weight is 537 g/mol. The van der Waals surface area contributed by atoms with E-state index in [0.29, 0.717) is 19.4 Å². The lowest BCUT2D eigenvalue weighted by molar-refractivity contribution is -0.143. The lowest BCUT2D eigenvalue weighted by Crippen LogP contribution is -2.51. The SMILES string of the molecule is COc1ccc([Si](C)(C)[C@H]2[C@H](CCO)O[C@@]3(C(=O)Nc4ccc(N5CCCCCCC5=O)cc43)[C@@H]2C)cc1. The number of rotatable bonds is 6. The van der Waals surface area contributed by atoms with Crippen LogP contribution in [-0.4, -0.2) is 51.4 Å². The minimum Gasteiger partial charge on any atom is -0.497 e. The number of aliphatic hydroxyl groups is 1. The lowest BCUT2D eigenvalue weighted by atomic mass is 9.82. The molecule has 2 aromatic rings. The molecule has 0 bridgehead atoms. The number of hydrogen-bond acceptors (Lipinski definition) is 5. The smallest absolute Gasteiger partial charge is 0.261 e. The van der Waals surface area contributed by atoms with Gasteiger partial charge in [-0.25, -0.2) is 0 Å².